The van der Waals surface area contributed by atoms with Gasteiger partial charge >= 0.3 is 5.97 Å². The van der Waals surface area contributed by atoms with Crippen LogP contribution in [-0.2, 0) is 9.59 Å². The monoisotopic (exact) mass is 427 g/mol. The molecule has 0 radical (unpaired) electrons. The molecule has 1 heterocycles. The molecule has 1 saturated carbocycles. The van der Waals surface area contributed by atoms with Gasteiger partial charge in [-0.3, -0.25) is 9.59 Å². The van der Waals surface area contributed by atoms with Crippen molar-refractivity contribution in [2.24, 2.45) is 11.8 Å². The number of ether oxygens (including phenoxy) is 1. The first-order chi connectivity index (χ1) is 13.0. The number of anilines is 1. The molecule has 138 valence electrons. The Labute approximate surface area is 165 Å². The lowest BCUT2D eigenvalue weighted by atomic mass is 9.81. The van der Waals surface area contributed by atoms with E-state index in [1.165, 1.54) is 4.90 Å². The predicted molar refractivity (Wildman–Crippen MR) is 103 cm³/mol. The van der Waals surface area contributed by atoms with Gasteiger partial charge in [0, 0.05) is 10.5 Å². The van der Waals surface area contributed by atoms with E-state index < -0.39 is 5.97 Å². The molecule has 0 N–H and O–H groups in total. The molecule has 6 heteroatoms. The van der Waals surface area contributed by atoms with Gasteiger partial charge in [-0.1, -0.05) is 34.8 Å². The zero-order chi connectivity index (χ0) is 19.0. The van der Waals surface area contributed by atoms with Crippen LogP contribution in [0, 0.1) is 11.8 Å². The molecule has 0 spiro atoms. The average Bonchev–Trinajstić information content (AvgIpc) is 2.93. The van der Waals surface area contributed by atoms with Gasteiger partial charge in [0.25, 0.3) is 0 Å². The summed E-state index contributed by atoms with van der Waals surface area (Å²) in [5, 5.41) is 0. The highest BCUT2D eigenvalue weighted by Crippen LogP contribution is 2.40. The first kappa shape index (κ1) is 17.9. The molecule has 0 bridgehead atoms. The first-order valence-corrected chi connectivity index (χ1v) is 9.79. The number of esters is 1. The van der Waals surface area contributed by atoms with Gasteiger partial charge in [0.1, 0.15) is 5.75 Å². The van der Waals surface area contributed by atoms with Gasteiger partial charge in [0.05, 0.1) is 23.1 Å². The minimum Gasteiger partial charge on any atom is -0.423 e. The summed E-state index contributed by atoms with van der Waals surface area (Å²) in [4.78, 5) is 39.0. The fraction of sp³-hybridized carbons (Fsp3) is 0.286. The molecule has 0 unspecified atom stereocenters. The second-order valence-electron chi connectivity index (χ2n) is 6.90. The van der Waals surface area contributed by atoms with Crippen molar-refractivity contribution >= 4 is 39.4 Å². The number of hydrogen-bond acceptors (Lipinski definition) is 4. The molecule has 1 saturated heterocycles. The van der Waals surface area contributed by atoms with Gasteiger partial charge in [-0.25, -0.2) is 9.69 Å². The second-order valence-corrected chi connectivity index (χ2v) is 7.82. The SMILES string of the molecule is O=C(Oc1cccc(N2C(=O)[C@@H]3CCCC[C@H]3C2=O)c1)c1ccc(Br)cc1. The number of rotatable bonds is 3. The molecule has 2 fully saturated rings. The molecule has 27 heavy (non-hydrogen) atoms. The quantitative estimate of drug-likeness (QED) is 0.414. The third-order valence-electron chi connectivity index (χ3n) is 5.21. The number of carbonyl (C=O) groups is 3. The standard InChI is InChI=1S/C21H18BrNO4/c22-14-10-8-13(9-11-14)21(26)27-16-5-3-4-15(12-16)23-19(24)17-6-1-2-7-18(17)20(23)25/h3-5,8-12,17-18H,1-2,6-7H2/t17-,18-/m1/s1. The molecular weight excluding hydrogens is 410 g/mol. The number of benzene rings is 2. The molecule has 2 aromatic rings. The van der Waals surface area contributed by atoms with Crippen molar-refractivity contribution in [2.45, 2.75) is 25.7 Å². The minimum absolute atomic E-state index is 0.138. The summed E-state index contributed by atoms with van der Waals surface area (Å²) in [6.45, 7) is 0. The van der Waals surface area contributed by atoms with Crippen LogP contribution in [0.4, 0.5) is 5.69 Å². The Morgan fingerprint density at radius 1 is 0.963 bits per heavy atom. The third-order valence-corrected chi connectivity index (χ3v) is 5.74. The summed E-state index contributed by atoms with van der Waals surface area (Å²) in [6.07, 6.45) is 3.51. The van der Waals surface area contributed by atoms with E-state index in [0.717, 1.165) is 30.2 Å². The summed E-state index contributed by atoms with van der Waals surface area (Å²) in [7, 11) is 0. The van der Waals surface area contributed by atoms with Crippen molar-refractivity contribution < 1.29 is 19.1 Å². The Morgan fingerprint density at radius 3 is 2.22 bits per heavy atom. The van der Waals surface area contributed by atoms with Crippen molar-refractivity contribution in [1.29, 1.82) is 0 Å². The Morgan fingerprint density at radius 2 is 1.59 bits per heavy atom. The lowest BCUT2D eigenvalue weighted by molar-refractivity contribution is -0.122. The van der Waals surface area contributed by atoms with Crippen LogP contribution in [0.1, 0.15) is 36.0 Å². The topological polar surface area (TPSA) is 63.7 Å². The molecule has 2 aliphatic rings. The van der Waals surface area contributed by atoms with Crippen LogP contribution in [0.15, 0.2) is 53.0 Å². The van der Waals surface area contributed by atoms with Crippen LogP contribution in [0.25, 0.3) is 0 Å². The molecule has 2 amide bonds. The maximum Gasteiger partial charge on any atom is 0.343 e. The van der Waals surface area contributed by atoms with E-state index in [2.05, 4.69) is 15.9 Å². The van der Waals surface area contributed by atoms with E-state index in [9.17, 15) is 14.4 Å². The summed E-state index contributed by atoms with van der Waals surface area (Å²) in [6, 6.07) is 13.4. The highest BCUT2D eigenvalue weighted by molar-refractivity contribution is 9.10. The number of fused-ring (bicyclic) bond motifs is 1. The zero-order valence-electron chi connectivity index (χ0n) is 14.6. The maximum absolute atomic E-state index is 12.7. The molecule has 5 nitrogen and oxygen atoms in total. The molecular formula is C21H18BrNO4. The van der Waals surface area contributed by atoms with Crippen LogP contribution >= 0.6 is 15.9 Å². The van der Waals surface area contributed by atoms with Gasteiger partial charge in [0.2, 0.25) is 11.8 Å². The first-order valence-electron chi connectivity index (χ1n) is 9.00. The number of halogens is 1. The molecule has 1 aliphatic heterocycles. The number of carbonyl (C=O) groups excluding carboxylic acids is 3. The van der Waals surface area contributed by atoms with Gasteiger partial charge in [-0.2, -0.15) is 0 Å². The largest absolute Gasteiger partial charge is 0.423 e. The minimum atomic E-state index is -0.493. The van der Waals surface area contributed by atoms with E-state index in [4.69, 9.17) is 4.74 Å². The molecule has 4 rings (SSSR count). The Balaban J connectivity index is 1.56. The predicted octanol–water partition coefficient (Wildman–Crippen LogP) is 4.35. The van der Waals surface area contributed by atoms with Crippen LogP contribution in [0.2, 0.25) is 0 Å². The summed E-state index contributed by atoms with van der Waals surface area (Å²) < 4.78 is 6.30. The van der Waals surface area contributed by atoms with Gasteiger partial charge < -0.3 is 4.74 Å². The fourth-order valence-corrected chi connectivity index (χ4v) is 4.12. The molecule has 2 aromatic carbocycles. The van der Waals surface area contributed by atoms with Gasteiger partial charge in [0.15, 0.2) is 0 Å². The van der Waals surface area contributed by atoms with E-state index in [-0.39, 0.29) is 23.7 Å². The number of imide groups is 1. The van der Waals surface area contributed by atoms with Crippen molar-refractivity contribution in [3.63, 3.8) is 0 Å². The van der Waals surface area contributed by atoms with E-state index in [1.807, 2.05) is 0 Å². The van der Waals surface area contributed by atoms with Crippen molar-refractivity contribution in [1.82, 2.24) is 0 Å². The van der Waals surface area contributed by atoms with E-state index >= 15 is 0 Å². The highest BCUT2D eigenvalue weighted by atomic mass is 79.9. The van der Waals surface area contributed by atoms with Crippen LogP contribution in [0.5, 0.6) is 5.75 Å². The van der Waals surface area contributed by atoms with Crippen molar-refractivity contribution in [3.8, 4) is 5.75 Å². The van der Waals surface area contributed by atoms with Crippen molar-refractivity contribution in [3.05, 3.63) is 58.6 Å². The van der Waals surface area contributed by atoms with Crippen LogP contribution in [0.3, 0.4) is 0 Å². The van der Waals surface area contributed by atoms with E-state index in [1.54, 1.807) is 48.5 Å². The summed E-state index contributed by atoms with van der Waals surface area (Å²) in [5.41, 5.74) is 0.878. The Hall–Kier alpha value is -2.47. The van der Waals surface area contributed by atoms with E-state index in [0.29, 0.717) is 17.0 Å². The number of hydrogen-bond donors (Lipinski definition) is 0. The van der Waals surface area contributed by atoms with Gasteiger partial charge in [-0.05, 0) is 49.2 Å². The normalized spacial score (nSPS) is 21.9. The lowest BCUT2D eigenvalue weighted by Crippen LogP contribution is -2.30. The van der Waals surface area contributed by atoms with Crippen molar-refractivity contribution in [2.75, 3.05) is 4.90 Å². The Bertz CT molecular complexity index is 885. The van der Waals surface area contributed by atoms with Crippen LogP contribution < -0.4 is 9.64 Å². The van der Waals surface area contributed by atoms with Gasteiger partial charge in [-0.15, -0.1) is 0 Å². The summed E-state index contributed by atoms with van der Waals surface area (Å²) in [5.74, 6) is -0.883. The maximum atomic E-state index is 12.7. The smallest absolute Gasteiger partial charge is 0.343 e. The van der Waals surface area contributed by atoms with Crippen LogP contribution in [-0.4, -0.2) is 17.8 Å². The number of amides is 2. The Kier molecular flexibility index (Phi) is 4.83. The number of nitrogens with zero attached hydrogens (tertiary/aromatic N) is 1. The molecule has 2 atom stereocenters. The average molecular weight is 428 g/mol. The lowest BCUT2D eigenvalue weighted by Gasteiger charge is -2.19. The molecule has 1 aliphatic carbocycles. The summed E-state index contributed by atoms with van der Waals surface area (Å²) >= 11 is 3.32. The fourth-order valence-electron chi connectivity index (χ4n) is 3.85. The highest BCUT2D eigenvalue weighted by Gasteiger charge is 2.48. The molecule has 0 aromatic heterocycles. The zero-order valence-corrected chi connectivity index (χ0v) is 16.1. The third kappa shape index (κ3) is 3.41. The second kappa shape index (κ2) is 7.27.